The normalized spacial score (nSPS) is 10.1. The topological polar surface area (TPSA) is 42.9 Å². The molecule has 1 heterocycles. The average Bonchev–Trinajstić information content (AvgIpc) is 2.39. The minimum Gasteiger partial charge on any atom is -0.285 e. The van der Waals surface area contributed by atoms with Crippen molar-refractivity contribution in [3.8, 4) is 0 Å². The summed E-state index contributed by atoms with van der Waals surface area (Å²) in [5.74, 6) is 0.106. The first-order chi connectivity index (χ1) is 7.81. The third kappa shape index (κ3) is 2.14. The molecule has 80 valence electrons. The van der Waals surface area contributed by atoms with Crippen molar-refractivity contribution in [2.75, 3.05) is 0 Å². The van der Waals surface area contributed by atoms with E-state index in [2.05, 4.69) is 16.9 Å². The molecule has 2 aromatic rings. The van der Waals surface area contributed by atoms with Gasteiger partial charge in [-0.25, -0.2) is 9.97 Å². The smallest absolute Gasteiger partial charge is 0.230 e. The van der Waals surface area contributed by atoms with Crippen molar-refractivity contribution < 1.29 is 4.79 Å². The fraction of sp³-hybridized carbons (Fsp3) is 0.154. The van der Waals surface area contributed by atoms with Crippen molar-refractivity contribution in [1.29, 1.82) is 0 Å². The molecule has 2 rings (SSSR count). The van der Waals surface area contributed by atoms with E-state index < -0.39 is 0 Å². The van der Waals surface area contributed by atoms with E-state index in [0.29, 0.717) is 5.56 Å². The van der Waals surface area contributed by atoms with Gasteiger partial charge in [-0.1, -0.05) is 31.2 Å². The Morgan fingerprint density at radius 1 is 1.12 bits per heavy atom. The van der Waals surface area contributed by atoms with Gasteiger partial charge in [-0.3, -0.25) is 4.79 Å². The number of hydrogen-bond acceptors (Lipinski definition) is 3. The summed E-state index contributed by atoms with van der Waals surface area (Å²) in [5, 5.41) is 0. The number of rotatable bonds is 3. The second-order valence-electron chi connectivity index (χ2n) is 3.45. The first-order valence-electron chi connectivity index (χ1n) is 5.22. The summed E-state index contributed by atoms with van der Waals surface area (Å²) in [4.78, 5) is 19.8. The first-order valence-corrected chi connectivity index (χ1v) is 5.22. The Balaban J connectivity index is 2.28. The largest absolute Gasteiger partial charge is 0.285 e. The number of aryl methyl sites for hydroxylation is 1. The molecule has 0 bridgehead atoms. The lowest BCUT2D eigenvalue weighted by atomic mass is 10.1. The van der Waals surface area contributed by atoms with Crippen LogP contribution < -0.4 is 0 Å². The molecular formula is C13H12N2O. The highest BCUT2D eigenvalue weighted by Gasteiger charge is 2.10. The maximum absolute atomic E-state index is 11.9. The van der Waals surface area contributed by atoms with Crippen LogP contribution in [-0.2, 0) is 6.42 Å². The lowest BCUT2D eigenvalue weighted by molar-refractivity contribution is 0.102. The fourth-order valence-electron chi connectivity index (χ4n) is 1.44. The Kier molecular flexibility index (Phi) is 3.05. The number of carbonyl (C=O) groups excluding carboxylic acids is 1. The van der Waals surface area contributed by atoms with Crippen molar-refractivity contribution in [2.24, 2.45) is 0 Å². The SMILES string of the molecule is CCc1ccc(C(=O)c2ncccn2)cc1. The van der Waals surface area contributed by atoms with Crippen molar-refractivity contribution in [2.45, 2.75) is 13.3 Å². The van der Waals surface area contributed by atoms with Crippen LogP contribution in [0.25, 0.3) is 0 Å². The average molecular weight is 212 g/mol. The molecule has 3 nitrogen and oxygen atoms in total. The molecule has 0 aliphatic heterocycles. The standard InChI is InChI=1S/C13H12N2O/c1-2-10-4-6-11(7-5-10)12(16)13-14-8-3-9-15-13/h3-9H,2H2,1H3. The maximum atomic E-state index is 11.9. The molecule has 0 radical (unpaired) electrons. The molecule has 0 fully saturated rings. The first kappa shape index (κ1) is 10.5. The van der Waals surface area contributed by atoms with E-state index in [1.807, 2.05) is 24.3 Å². The molecule has 0 aliphatic carbocycles. The van der Waals surface area contributed by atoms with Gasteiger partial charge >= 0.3 is 0 Å². The summed E-state index contributed by atoms with van der Waals surface area (Å²) >= 11 is 0. The van der Waals surface area contributed by atoms with E-state index in [4.69, 9.17) is 0 Å². The summed E-state index contributed by atoms with van der Waals surface area (Å²) in [6, 6.07) is 9.23. The van der Waals surface area contributed by atoms with E-state index in [1.54, 1.807) is 18.5 Å². The second-order valence-corrected chi connectivity index (χ2v) is 3.45. The van der Waals surface area contributed by atoms with E-state index in [1.165, 1.54) is 5.56 Å². The summed E-state index contributed by atoms with van der Waals surface area (Å²) in [6.45, 7) is 2.08. The lowest BCUT2D eigenvalue weighted by Gasteiger charge is -2.00. The maximum Gasteiger partial charge on any atom is 0.230 e. The van der Waals surface area contributed by atoms with E-state index >= 15 is 0 Å². The summed E-state index contributed by atoms with van der Waals surface area (Å²) < 4.78 is 0. The third-order valence-electron chi connectivity index (χ3n) is 2.39. The molecule has 1 aromatic carbocycles. The molecular weight excluding hydrogens is 200 g/mol. The molecule has 0 saturated carbocycles. The van der Waals surface area contributed by atoms with Crippen molar-refractivity contribution in [3.05, 3.63) is 59.7 Å². The van der Waals surface area contributed by atoms with Crippen LogP contribution in [0.15, 0.2) is 42.7 Å². The molecule has 0 atom stereocenters. The van der Waals surface area contributed by atoms with E-state index in [9.17, 15) is 4.79 Å². The van der Waals surface area contributed by atoms with Gasteiger partial charge in [0.2, 0.25) is 11.6 Å². The highest BCUT2D eigenvalue weighted by Crippen LogP contribution is 2.08. The number of ketones is 1. The van der Waals surface area contributed by atoms with Crippen LogP contribution in [0.4, 0.5) is 0 Å². The summed E-state index contributed by atoms with van der Waals surface area (Å²) in [7, 11) is 0. The zero-order valence-electron chi connectivity index (χ0n) is 9.05. The van der Waals surface area contributed by atoms with Crippen LogP contribution in [0.5, 0.6) is 0 Å². The fourth-order valence-corrected chi connectivity index (χ4v) is 1.44. The number of hydrogen-bond donors (Lipinski definition) is 0. The van der Waals surface area contributed by atoms with Gasteiger partial charge in [0, 0.05) is 18.0 Å². The summed E-state index contributed by atoms with van der Waals surface area (Å²) in [5.41, 5.74) is 1.84. The van der Waals surface area contributed by atoms with Crippen LogP contribution in [0.3, 0.4) is 0 Å². The lowest BCUT2D eigenvalue weighted by Crippen LogP contribution is -2.06. The number of aromatic nitrogens is 2. The molecule has 0 spiro atoms. The van der Waals surface area contributed by atoms with Crippen LogP contribution >= 0.6 is 0 Å². The van der Waals surface area contributed by atoms with Crippen LogP contribution in [0.1, 0.15) is 28.7 Å². The van der Waals surface area contributed by atoms with Gasteiger partial charge in [0.25, 0.3) is 0 Å². The Morgan fingerprint density at radius 3 is 2.31 bits per heavy atom. The van der Waals surface area contributed by atoms with Gasteiger partial charge in [-0.15, -0.1) is 0 Å². The van der Waals surface area contributed by atoms with Gasteiger partial charge in [-0.05, 0) is 18.1 Å². The molecule has 0 N–H and O–H groups in total. The molecule has 0 saturated heterocycles. The molecule has 16 heavy (non-hydrogen) atoms. The van der Waals surface area contributed by atoms with E-state index in [-0.39, 0.29) is 11.6 Å². The van der Waals surface area contributed by atoms with Gasteiger partial charge in [0.1, 0.15) is 0 Å². The number of benzene rings is 1. The minimum atomic E-state index is -0.136. The molecule has 0 unspecified atom stereocenters. The monoisotopic (exact) mass is 212 g/mol. The van der Waals surface area contributed by atoms with Crippen LogP contribution in [0, 0.1) is 0 Å². The Labute approximate surface area is 94.2 Å². The van der Waals surface area contributed by atoms with Gasteiger partial charge in [-0.2, -0.15) is 0 Å². The minimum absolute atomic E-state index is 0.136. The van der Waals surface area contributed by atoms with Crippen molar-refractivity contribution in [3.63, 3.8) is 0 Å². The molecule has 3 heteroatoms. The van der Waals surface area contributed by atoms with Gasteiger partial charge < -0.3 is 0 Å². The predicted octanol–water partition coefficient (Wildman–Crippen LogP) is 2.27. The molecule has 0 aliphatic rings. The van der Waals surface area contributed by atoms with Gasteiger partial charge in [0.05, 0.1) is 0 Å². The third-order valence-corrected chi connectivity index (χ3v) is 2.39. The van der Waals surface area contributed by atoms with Crippen LogP contribution in [0.2, 0.25) is 0 Å². The van der Waals surface area contributed by atoms with E-state index in [0.717, 1.165) is 6.42 Å². The second kappa shape index (κ2) is 4.66. The van der Waals surface area contributed by atoms with Crippen LogP contribution in [-0.4, -0.2) is 15.8 Å². The quantitative estimate of drug-likeness (QED) is 0.733. The van der Waals surface area contributed by atoms with Crippen molar-refractivity contribution >= 4 is 5.78 Å². The number of nitrogens with zero attached hydrogens (tertiary/aromatic N) is 2. The molecule has 0 amide bonds. The predicted molar refractivity (Wildman–Crippen MR) is 61.3 cm³/mol. The van der Waals surface area contributed by atoms with Crippen molar-refractivity contribution in [1.82, 2.24) is 9.97 Å². The zero-order chi connectivity index (χ0) is 11.4. The highest BCUT2D eigenvalue weighted by atomic mass is 16.1. The Morgan fingerprint density at radius 2 is 1.75 bits per heavy atom. The highest BCUT2D eigenvalue weighted by molar-refractivity contribution is 6.06. The summed E-state index contributed by atoms with van der Waals surface area (Å²) in [6.07, 6.45) is 4.11. The van der Waals surface area contributed by atoms with Gasteiger partial charge in [0.15, 0.2) is 0 Å². The number of carbonyl (C=O) groups is 1. The Bertz CT molecular complexity index is 477. The molecule has 1 aromatic heterocycles. The zero-order valence-corrected chi connectivity index (χ0v) is 9.05. The Hall–Kier alpha value is -2.03.